The second kappa shape index (κ2) is 12.0. The molecule has 4 aromatic rings. The molecule has 0 radical (unpaired) electrons. The van der Waals surface area contributed by atoms with E-state index in [1.54, 1.807) is 12.3 Å². The van der Waals surface area contributed by atoms with Crippen LogP contribution >= 0.6 is 18.2 Å². The van der Waals surface area contributed by atoms with Crippen molar-refractivity contribution in [1.29, 1.82) is 0 Å². The number of fused-ring (bicyclic) bond motifs is 1. The molecule has 9 heteroatoms. The molecular weight excluding hydrogens is 485 g/mol. The third kappa shape index (κ3) is 6.58. The summed E-state index contributed by atoms with van der Waals surface area (Å²) in [5.74, 6) is 1.54. The molecule has 0 aliphatic carbocycles. The standard InChI is InChI=1S/C25H24N3O3PS2/c29-25(30-23-15-7-9-20-10-8-16-26-24(20)23)27-19-34-28-17-18-32(33,22-13-5-2-6-14-22)31-21-11-3-1-4-12-21/h1-16,28H,17-19H2,(H,27,29). The number of pyridine rings is 1. The Balaban J connectivity index is 1.25. The van der Waals surface area contributed by atoms with Crippen LogP contribution in [0.5, 0.6) is 11.5 Å². The number of carbonyl (C=O) groups is 1. The van der Waals surface area contributed by atoms with Crippen LogP contribution in [-0.2, 0) is 11.8 Å². The van der Waals surface area contributed by atoms with Crippen molar-refractivity contribution in [3.63, 3.8) is 0 Å². The van der Waals surface area contributed by atoms with Gasteiger partial charge >= 0.3 is 6.09 Å². The van der Waals surface area contributed by atoms with Crippen LogP contribution in [0.3, 0.4) is 0 Å². The molecule has 1 atom stereocenters. The summed E-state index contributed by atoms with van der Waals surface area (Å²) in [7, 11) is 0. The summed E-state index contributed by atoms with van der Waals surface area (Å²) in [6.07, 6.45) is -0.486. The Morgan fingerprint density at radius 3 is 2.47 bits per heavy atom. The number of nitrogens with one attached hydrogen (secondary N) is 2. The van der Waals surface area contributed by atoms with Gasteiger partial charge < -0.3 is 14.6 Å². The Labute approximate surface area is 208 Å². The van der Waals surface area contributed by atoms with Crippen LogP contribution in [0, 0.1) is 0 Å². The zero-order valence-corrected chi connectivity index (χ0v) is 20.8. The van der Waals surface area contributed by atoms with Crippen molar-refractivity contribution in [3.8, 4) is 11.5 Å². The molecule has 1 unspecified atom stereocenters. The predicted molar refractivity (Wildman–Crippen MR) is 144 cm³/mol. The maximum Gasteiger partial charge on any atom is 0.413 e. The Kier molecular flexibility index (Phi) is 8.55. The van der Waals surface area contributed by atoms with Crippen LogP contribution in [0.4, 0.5) is 4.79 Å². The number of hydrogen-bond acceptors (Lipinski definition) is 7. The Morgan fingerprint density at radius 1 is 0.941 bits per heavy atom. The van der Waals surface area contributed by atoms with Gasteiger partial charge in [-0.2, -0.15) is 0 Å². The van der Waals surface area contributed by atoms with E-state index in [9.17, 15) is 4.79 Å². The van der Waals surface area contributed by atoms with Crippen LogP contribution in [0.2, 0.25) is 0 Å². The summed E-state index contributed by atoms with van der Waals surface area (Å²) in [6.45, 7) is 0.633. The molecule has 6 nitrogen and oxygen atoms in total. The van der Waals surface area contributed by atoms with E-state index in [0.29, 0.717) is 29.8 Å². The SMILES string of the molecule is O=C(NCSNCCP(=S)(Oc1ccccc1)c1ccccc1)Oc1cccc2cccnc12. The zero-order chi connectivity index (χ0) is 23.6. The molecule has 0 aliphatic heterocycles. The molecule has 0 saturated heterocycles. The van der Waals surface area contributed by atoms with Gasteiger partial charge in [0.15, 0.2) is 5.75 Å². The lowest BCUT2D eigenvalue weighted by Crippen LogP contribution is -2.28. The van der Waals surface area contributed by atoms with Crippen molar-refractivity contribution in [2.75, 3.05) is 18.6 Å². The molecule has 4 rings (SSSR count). The number of rotatable bonds is 10. The van der Waals surface area contributed by atoms with Crippen molar-refractivity contribution in [2.45, 2.75) is 0 Å². The van der Waals surface area contributed by atoms with Gasteiger partial charge in [0.2, 0.25) is 0 Å². The average Bonchev–Trinajstić information content (AvgIpc) is 2.87. The predicted octanol–water partition coefficient (Wildman–Crippen LogP) is 5.32. The maximum absolute atomic E-state index is 12.2. The number of aromatic nitrogens is 1. The number of benzene rings is 3. The normalized spacial score (nSPS) is 12.6. The van der Waals surface area contributed by atoms with Gasteiger partial charge in [-0.05, 0) is 36.1 Å². The van der Waals surface area contributed by atoms with E-state index in [-0.39, 0.29) is 0 Å². The minimum atomic E-state index is -2.29. The minimum Gasteiger partial charge on any atom is -0.462 e. The number of carbonyl (C=O) groups excluding carboxylic acids is 1. The summed E-state index contributed by atoms with van der Waals surface area (Å²) in [5, 5.41) is 4.67. The fourth-order valence-electron chi connectivity index (χ4n) is 3.24. The van der Waals surface area contributed by atoms with Gasteiger partial charge in [0.05, 0.1) is 5.88 Å². The van der Waals surface area contributed by atoms with Gasteiger partial charge in [-0.3, -0.25) is 9.71 Å². The number of ether oxygens (including phenoxy) is 1. The fourth-order valence-corrected chi connectivity index (χ4v) is 6.78. The number of amides is 1. The van der Waals surface area contributed by atoms with E-state index in [0.717, 1.165) is 16.4 Å². The second-order valence-corrected chi connectivity index (χ2v) is 12.3. The molecule has 0 spiro atoms. The van der Waals surface area contributed by atoms with E-state index in [2.05, 4.69) is 15.0 Å². The first kappa shape index (κ1) is 24.2. The molecule has 1 aromatic heterocycles. The number of nitrogens with zero attached hydrogens (tertiary/aromatic N) is 1. The molecule has 0 aliphatic rings. The van der Waals surface area contributed by atoms with Gasteiger partial charge in [0, 0.05) is 29.6 Å². The van der Waals surface area contributed by atoms with Crippen molar-refractivity contribution in [1.82, 2.24) is 15.0 Å². The summed E-state index contributed by atoms with van der Waals surface area (Å²) >= 11 is 7.40. The van der Waals surface area contributed by atoms with E-state index in [1.165, 1.54) is 11.9 Å². The third-order valence-corrected chi connectivity index (χ3v) is 9.35. The molecule has 0 fully saturated rings. The molecule has 1 amide bonds. The monoisotopic (exact) mass is 509 g/mol. The first-order chi connectivity index (χ1) is 16.6. The molecule has 1 heterocycles. The molecule has 34 heavy (non-hydrogen) atoms. The first-order valence-electron chi connectivity index (χ1n) is 10.7. The number of hydrogen-bond donors (Lipinski definition) is 2. The van der Waals surface area contributed by atoms with Crippen molar-refractivity contribution in [3.05, 3.63) is 97.2 Å². The quantitative estimate of drug-likeness (QED) is 0.130. The topological polar surface area (TPSA) is 72.5 Å². The lowest BCUT2D eigenvalue weighted by Gasteiger charge is -2.24. The van der Waals surface area contributed by atoms with Gasteiger partial charge in [0.1, 0.15) is 17.5 Å². The summed E-state index contributed by atoms with van der Waals surface area (Å²) < 4.78 is 15.0. The summed E-state index contributed by atoms with van der Waals surface area (Å²) in [5.41, 5.74) is 0.649. The van der Waals surface area contributed by atoms with E-state index < -0.39 is 12.4 Å². The van der Waals surface area contributed by atoms with Crippen molar-refractivity contribution in [2.24, 2.45) is 0 Å². The minimum absolute atomic E-state index is 0.338. The molecule has 3 aromatic carbocycles. The first-order valence-corrected chi connectivity index (χ1v) is 14.6. The highest BCUT2D eigenvalue weighted by molar-refractivity contribution is 8.16. The Hall–Kier alpha value is -2.90. The van der Waals surface area contributed by atoms with Crippen LogP contribution in [0.1, 0.15) is 0 Å². The van der Waals surface area contributed by atoms with Crippen LogP contribution in [0.25, 0.3) is 10.9 Å². The average molecular weight is 510 g/mol. The Morgan fingerprint density at radius 2 is 1.68 bits per heavy atom. The lowest BCUT2D eigenvalue weighted by molar-refractivity contribution is 0.203. The van der Waals surface area contributed by atoms with E-state index in [4.69, 9.17) is 21.1 Å². The van der Waals surface area contributed by atoms with Crippen LogP contribution in [0.15, 0.2) is 97.2 Å². The van der Waals surface area contributed by atoms with Crippen molar-refractivity contribution >= 4 is 52.3 Å². The number of para-hydroxylation sites is 2. The highest BCUT2D eigenvalue weighted by Gasteiger charge is 2.22. The summed E-state index contributed by atoms with van der Waals surface area (Å²) in [6, 6.07) is 28.9. The van der Waals surface area contributed by atoms with Gasteiger partial charge in [0.25, 0.3) is 0 Å². The van der Waals surface area contributed by atoms with Crippen LogP contribution < -0.4 is 24.6 Å². The largest absolute Gasteiger partial charge is 0.462 e. The molecule has 0 saturated carbocycles. The third-order valence-electron chi connectivity index (χ3n) is 4.84. The van der Waals surface area contributed by atoms with Gasteiger partial charge in [-0.25, -0.2) is 4.79 Å². The molecule has 174 valence electrons. The second-order valence-electron chi connectivity index (χ2n) is 7.22. The highest BCUT2D eigenvalue weighted by atomic mass is 32.4. The van der Waals surface area contributed by atoms with E-state index >= 15 is 0 Å². The fraction of sp³-hybridized carbons (Fsp3) is 0.120. The van der Waals surface area contributed by atoms with Crippen LogP contribution in [-0.4, -0.2) is 29.7 Å². The molecule has 2 N–H and O–H groups in total. The van der Waals surface area contributed by atoms with Gasteiger partial charge in [-0.1, -0.05) is 78.7 Å². The zero-order valence-electron chi connectivity index (χ0n) is 18.3. The smallest absolute Gasteiger partial charge is 0.413 e. The molecular formula is C25H24N3O3PS2. The van der Waals surface area contributed by atoms with Crippen molar-refractivity contribution < 1.29 is 14.1 Å². The van der Waals surface area contributed by atoms with Gasteiger partial charge in [-0.15, -0.1) is 0 Å². The highest BCUT2D eigenvalue weighted by Crippen LogP contribution is 2.46. The Bertz CT molecular complexity index is 1270. The maximum atomic E-state index is 12.2. The molecule has 0 bridgehead atoms. The summed E-state index contributed by atoms with van der Waals surface area (Å²) in [4.78, 5) is 16.5. The van der Waals surface area contributed by atoms with E-state index in [1.807, 2.05) is 84.9 Å². The lowest BCUT2D eigenvalue weighted by atomic mass is 10.2.